The van der Waals surface area contributed by atoms with Crippen LogP contribution in [-0.2, 0) is 9.53 Å². The van der Waals surface area contributed by atoms with Crippen LogP contribution in [-0.4, -0.2) is 15.0 Å². The van der Waals surface area contributed by atoms with Gasteiger partial charge in [-0.1, -0.05) is 50.3 Å². The topological polar surface area (TPSA) is 26.3 Å². The van der Waals surface area contributed by atoms with Crippen LogP contribution in [0.2, 0.25) is 0 Å². The maximum Gasteiger partial charge on any atom is 0.322 e. The average Bonchev–Trinajstić information content (AvgIpc) is 2.60. The molecule has 2 fully saturated rings. The normalized spacial score (nSPS) is 43.0. The zero-order valence-electron chi connectivity index (χ0n) is 13.1. The van der Waals surface area contributed by atoms with Gasteiger partial charge >= 0.3 is 5.97 Å². The summed E-state index contributed by atoms with van der Waals surface area (Å²) in [6.45, 7) is 13.2. The molecule has 110 valence electrons. The lowest BCUT2D eigenvalue weighted by Crippen LogP contribution is -2.50. The molecule has 3 heteroatoms. The van der Waals surface area contributed by atoms with Crippen molar-refractivity contribution < 1.29 is 9.53 Å². The van der Waals surface area contributed by atoms with Crippen molar-refractivity contribution in [3.8, 4) is 0 Å². The average molecular weight is 378 g/mol. The van der Waals surface area contributed by atoms with Gasteiger partial charge in [-0.05, 0) is 50.9 Å². The molecule has 0 amide bonds. The predicted molar refractivity (Wildman–Crippen MR) is 86.4 cm³/mol. The van der Waals surface area contributed by atoms with Crippen molar-refractivity contribution in [3.63, 3.8) is 0 Å². The van der Waals surface area contributed by atoms with E-state index in [9.17, 15) is 4.79 Å². The second-order valence-electron chi connectivity index (χ2n) is 7.66. The van der Waals surface area contributed by atoms with Gasteiger partial charge in [0, 0.05) is 5.41 Å². The summed E-state index contributed by atoms with van der Waals surface area (Å²) < 4.78 is 5.68. The number of halogens is 1. The molecule has 0 aliphatic heterocycles. The number of esters is 1. The van der Waals surface area contributed by atoms with Crippen molar-refractivity contribution >= 4 is 28.6 Å². The summed E-state index contributed by atoms with van der Waals surface area (Å²) in [5, 5.41) is 0. The van der Waals surface area contributed by atoms with Gasteiger partial charge in [-0.15, -0.1) is 0 Å². The van der Waals surface area contributed by atoms with E-state index in [1.807, 2.05) is 13.8 Å². The Kier molecular flexibility index (Phi) is 3.56. The number of carbonyl (C=O) groups is 1. The molecule has 2 aliphatic carbocycles. The monoisotopic (exact) mass is 378 g/mol. The summed E-state index contributed by atoms with van der Waals surface area (Å²) in [7, 11) is 0. The van der Waals surface area contributed by atoms with Crippen LogP contribution < -0.4 is 0 Å². The number of hydrogen-bond acceptors (Lipinski definition) is 2. The Morgan fingerprint density at radius 2 is 1.95 bits per heavy atom. The van der Waals surface area contributed by atoms with Gasteiger partial charge in [-0.2, -0.15) is 0 Å². The number of carbonyl (C=O) groups excluding carboxylic acids is 1. The van der Waals surface area contributed by atoms with Crippen LogP contribution >= 0.6 is 22.6 Å². The second kappa shape index (κ2) is 4.35. The van der Waals surface area contributed by atoms with E-state index in [1.165, 1.54) is 12.8 Å². The highest BCUT2D eigenvalue weighted by Gasteiger charge is 2.69. The Labute approximate surface area is 131 Å². The van der Waals surface area contributed by atoms with Gasteiger partial charge in [-0.25, -0.2) is 0 Å². The Morgan fingerprint density at radius 3 is 2.32 bits per heavy atom. The molecule has 2 nitrogen and oxygen atoms in total. The molecule has 0 spiro atoms. The third-order valence-electron chi connectivity index (χ3n) is 6.65. The van der Waals surface area contributed by atoms with Crippen LogP contribution in [0.5, 0.6) is 0 Å². The van der Waals surface area contributed by atoms with Crippen molar-refractivity contribution in [3.05, 3.63) is 0 Å². The van der Waals surface area contributed by atoms with Crippen LogP contribution in [0.15, 0.2) is 0 Å². The molecule has 4 atom stereocenters. The molecular weight excluding hydrogens is 351 g/mol. The first-order valence-corrected chi connectivity index (χ1v) is 8.50. The first-order chi connectivity index (χ1) is 8.50. The Balaban J connectivity index is 2.25. The van der Waals surface area contributed by atoms with Crippen molar-refractivity contribution in [2.24, 2.45) is 16.7 Å². The van der Waals surface area contributed by atoms with Crippen LogP contribution in [0.25, 0.3) is 0 Å². The number of alkyl halides is 1. The van der Waals surface area contributed by atoms with Gasteiger partial charge in [0.1, 0.15) is 9.02 Å². The second-order valence-corrected chi connectivity index (χ2v) is 10.0. The smallest absolute Gasteiger partial charge is 0.322 e. The minimum absolute atomic E-state index is 0.0392. The number of ether oxygens (including phenoxy) is 1. The van der Waals surface area contributed by atoms with E-state index in [2.05, 4.69) is 50.3 Å². The Bertz CT molecular complexity index is 402. The fourth-order valence-corrected chi connectivity index (χ4v) is 4.31. The molecule has 0 N–H and O–H groups in total. The lowest BCUT2D eigenvalue weighted by Gasteiger charge is -2.46. The number of rotatable bonds is 3. The summed E-state index contributed by atoms with van der Waals surface area (Å²) >= 11 is 2.23. The summed E-state index contributed by atoms with van der Waals surface area (Å²) in [6, 6.07) is 0. The summed E-state index contributed by atoms with van der Waals surface area (Å²) in [6.07, 6.45) is 4.30. The highest BCUT2D eigenvalue weighted by molar-refractivity contribution is 14.1. The van der Waals surface area contributed by atoms with Gasteiger partial charge in [0.05, 0.1) is 0 Å². The van der Waals surface area contributed by atoms with E-state index in [4.69, 9.17) is 4.74 Å². The molecule has 2 aliphatic rings. The molecule has 0 aromatic rings. The molecule has 0 radical (unpaired) electrons. The third-order valence-corrected chi connectivity index (χ3v) is 7.85. The summed E-state index contributed by atoms with van der Waals surface area (Å²) in [4.78, 5) is 12.5. The zero-order valence-corrected chi connectivity index (χ0v) is 15.3. The third kappa shape index (κ3) is 1.97. The molecule has 2 rings (SSSR count). The van der Waals surface area contributed by atoms with E-state index >= 15 is 0 Å². The van der Waals surface area contributed by atoms with E-state index in [1.54, 1.807) is 0 Å². The number of fused-ring (bicyclic) bond motifs is 2. The quantitative estimate of drug-likeness (QED) is 0.403. The largest absolute Gasteiger partial charge is 0.458 e. The van der Waals surface area contributed by atoms with Gasteiger partial charge < -0.3 is 4.74 Å². The van der Waals surface area contributed by atoms with Gasteiger partial charge in [0.15, 0.2) is 0 Å². The van der Waals surface area contributed by atoms with Crippen LogP contribution in [0.1, 0.15) is 67.2 Å². The highest BCUT2D eigenvalue weighted by atomic mass is 127. The first-order valence-electron chi connectivity index (χ1n) is 7.42. The molecule has 3 unspecified atom stereocenters. The Morgan fingerprint density at radius 1 is 1.37 bits per heavy atom. The predicted octanol–water partition coefficient (Wildman–Crippen LogP) is 4.74. The van der Waals surface area contributed by atoms with E-state index in [0.717, 1.165) is 12.8 Å². The van der Waals surface area contributed by atoms with Crippen molar-refractivity contribution in [2.45, 2.75) is 76.2 Å². The fourth-order valence-electron chi connectivity index (χ4n) is 4.20. The lowest BCUT2D eigenvalue weighted by molar-refractivity contribution is -0.177. The molecule has 0 heterocycles. The van der Waals surface area contributed by atoms with Gasteiger partial charge in [0.25, 0.3) is 0 Å². The number of hydrogen-bond donors (Lipinski definition) is 0. The first kappa shape index (κ1) is 15.6. The van der Waals surface area contributed by atoms with E-state index in [0.29, 0.717) is 5.92 Å². The zero-order chi connectivity index (χ0) is 14.7. The van der Waals surface area contributed by atoms with Crippen molar-refractivity contribution in [1.29, 1.82) is 0 Å². The fraction of sp³-hybridized carbons (Fsp3) is 0.938. The molecule has 0 saturated heterocycles. The van der Waals surface area contributed by atoms with Gasteiger partial charge in [-0.3, -0.25) is 4.79 Å². The van der Waals surface area contributed by atoms with Crippen LogP contribution in [0.3, 0.4) is 0 Å². The van der Waals surface area contributed by atoms with E-state index < -0.39 is 3.42 Å². The Hall–Kier alpha value is 0.200. The molecule has 2 saturated carbocycles. The lowest BCUT2D eigenvalue weighted by atomic mass is 9.65. The summed E-state index contributed by atoms with van der Waals surface area (Å²) in [5.74, 6) is 0.653. The highest BCUT2D eigenvalue weighted by Crippen LogP contribution is 2.70. The minimum Gasteiger partial charge on any atom is -0.458 e. The molecule has 19 heavy (non-hydrogen) atoms. The van der Waals surface area contributed by atoms with Gasteiger partial charge in [0.2, 0.25) is 0 Å². The maximum atomic E-state index is 12.5. The maximum absolute atomic E-state index is 12.5. The molecular formula is C16H27IO2. The molecule has 0 aromatic heterocycles. The summed E-state index contributed by atoms with van der Waals surface area (Å²) in [5.41, 5.74) is 0.0921. The SMILES string of the molecule is CC[C@](C)(I)C(=O)OC1(C)CC2CCC1(C)C2(C)C. The van der Waals surface area contributed by atoms with Crippen molar-refractivity contribution in [2.75, 3.05) is 0 Å². The molecule has 0 aromatic carbocycles. The van der Waals surface area contributed by atoms with Crippen LogP contribution in [0, 0.1) is 16.7 Å². The van der Waals surface area contributed by atoms with E-state index in [-0.39, 0.29) is 22.4 Å². The van der Waals surface area contributed by atoms with Crippen molar-refractivity contribution in [1.82, 2.24) is 0 Å². The molecule has 2 bridgehead atoms. The van der Waals surface area contributed by atoms with Crippen LogP contribution in [0.4, 0.5) is 0 Å². The minimum atomic E-state index is -0.400. The standard InChI is InChI=1S/C16H27IO2/c1-7-14(4,17)12(18)19-16(6)10-11-8-9-15(16,5)13(11,2)3/h11H,7-10H2,1-6H3/t11?,14-,15?,16?/m0/s1.